The quantitative estimate of drug-likeness (QED) is 0.806. The maximum Gasteiger partial charge on any atom is 0.308 e. The van der Waals surface area contributed by atoms with E-state index in [1.165, 1.54) is 0 Å². The fourth-order valence-electron chi connectivity index (χ4n) is 1.39. The number of benzene rings is 1. The first-order valence-electron chi connectivity index (χ1n) is 4.42. The minimum absolute atomic E-state index is 0.0775. The Bertz CT molecular complexity index is 350. The van der Waals surface area contributed by atoms with Gasteiger partial charge in [0.1, 0.15) is 0 Å². The number of halogens is 1. The molecule has 1 saturated carbocycles. The maximum atomic E-state index is 10.6. The Labute approximate surface area is 86.7 Å². The third-order valence-electron chi connectivity index (χ3n) is 2.30. The number of carbonyl (C=O) groups is 1. The van der Waals surface area contributed by atoms with E-state index >= 15 is 0 Å². The van der Waals surface area contributed by atoms with Crippen LogP contribution < -0.4 is 5.32 Å². The molecule has 2 atom stereocenters. The summed E-state index contributed by atoms with van der Waals surface area (Å²) < 4.78 is 0. The summed E-state index contributed by atoms with van der Waals surface area (Å²) >= 11 is 5.72. The van der Waals surface area contributed by atoms with Crippen molar-refractivity contribution in [3.8, 4) is 0 Å². The van der Waals surface area contributed by atoms with Gasteiger partial charge in [-0.05, 0) is 30.7 Å². The molecule has 1 aliphatic rings. The van der Waals surface area contributed by atoms with E-state index in [4.69, 9.17) is 16.7 Å². The number of carboxylic acids is 1. The zero-order valence-electron chi connectivity index (χ0n) is 7.40. The average molecular weight is 212 g/mol. The van der Waals surface area contributed by atoms with E-state index in [0.717, 1.165) is 5.69 Å². The fraction of sp³-hybridized carbons (Fsp3) is 0.300. The van der Waals surface area contributed by atoms with Crippen molar-refractivity contribution in [3.05, 3.63) is 29.3 Å². The van der Waals surface area contributed by atoms with Gasteiger partial charge in [-0.2, -0.15) is 0 Å². The van der Waals surface area contributed by atoms with Gasteiger partial charge in [-0.1, -0.05) is 11.6 Å². The van der Waals surface area contributed by atoms with Crippen molar-refractivity contribution >= 4 is 23.3 Å². The number of hydrogen-bond acceptors (Lipinski definition) is 2. The number of anilines is 1. The van der Waals surface area contributed by atoms with E-state index in [0.29, 0.717) is 11.4 Å². The van der Waals surface area contributed by atoms with Crippen LogP contribution in [0.5, 0.6) is 0 Å². The summed E-state index contributed by atoms with van der Waals surface area (Å²) in [6, 6.07) is 7.33. The summed E-state index contributed by atoms with van der Waals surface area (Å²) in [6.45, 7) is 0. The summed E-state index contributed by atoms with van der Waals surface area (Å²) in [4.78, 5) is 10.6. The zero-order valence-corrected chi connectivity index (χ0v) is 8.16. The van der Waals surface area contributed by atoms with Crippen LogP contribution in [-0.2, 0) is 4.79 Å². The van der Waals surface area contributed by atoms with Crippen LogP contribution in [0.3, 0.4) is 0 Å². The molecular formula is C10H10ClNO2. The molecule has 0 radical (unpaired) electrons. The minimum atomic E-state index is -0.725. The summed E-state index contributed by atoms with van der Waals surface area (Å²) in [6.07, 6.45) is 0.706. The van der Waals surface area contributed by atoms with E-state index < -0.39 is 5.97 Å². The molecule has 14 heavy (non-hydrogen) atoms. The Kier molecular flexibility index (Phi) is 2.33. The van der Waals surface area contributed by atoms with Gasteiger partial charge in [0.25, 0.3) is 0 Å². The molecule has 3 nitrogen and oxygen atoms in total. The summed E-state index contributed by atoms with van der Waals surface area (Å²) in [7, 11) is 0. The van der Waals surface area contributed by atoms with Crippen LogP contribution >= 0.6 is 11.6 Å². The van der Waals surface area contributed by atoms with Crippen LogP contribution in [0.25, 0.3) is 0 Å². The Morgan fingerprint density at radius 2 is 2.07 bits per heavy atom. The molecule has 1 fully saturated rings. The van der Waals surface area contributed by atoms with Gasteiger partial charge in [0.2, 0.25) is 0 Å². The first-order chi connectivity index (χ1) is 6.66. The topological polar surface area (TPSA) is 49.3 Å². The molecule has 0 amide bonds. The highest BCUT2D eigenvalue weighted by atomic mass is 35.5. The molecule has 0 spiro atoms. The SMILES string of the molecule is O=C(O)C1CC1Nc1ccc(Cl)cc1. The first kappa shape index (κ1) is 9.34. The molecule has 0 aliphatic heterocycles. The van der Waals surface area contributed by atoms with Gasteiger partial charge in [-0.3, -0.25) is 4.79 Å². The fourth-order valence-corrected chi connectivity index (χ4v) is 1.51. The van der Waals surface area contributed by atoms with Crippen LogP contribution in [0.4, 0.5) is 5.69 Å². The molecular weight excluding hydrogens is 202 g/mol. The van der Waals surface area contributed by atoms with E-state index in [1.54, 1.807) is 12.1 Å². The summed E-state index contributed by atoms with van der Waals surface area (Å²) in [5, 5.41) is 12.5. The lowest BCUT2D eigenvalue weighted by Crippen LogP contribution is -2.09. The monoisotopic (exact) mass is 211 g/mol. The van der Waals surface area contributed by atoms with Gasteiger partial charge in [0.15, 0.2) is 0 Å². The smallest absolute Gasteiger partial charge is 0.308 e. The molecule has 4 heteroatoms. The standard InChI is InChI=1S/C10H10ClNO2/c11-6-1-3-7(4-2-6)12-9-5-8(9)10(13)14/h1-4,8-9,12H,5H2,(H,13,14). The molecule has 74 valence electrons. The van der Waals surface area contributed by atoms with Crippen molar-refractivity contribution in [2.45, 2.75) is 12.5 Å². The maximum absolute atomic E-state index is 10.6. The highest BCUT2D eigenvalue weighted by Gasteiger charge is 2.43. The van der Waals surface area contributed by atoms with Crippen molar-refractivity contribution in [1.29, 1.82) is 0 Å². The molecule has 1 aromatic carbocycles. The lowest BCUT2D eigenvalue weighted by atomic mass is 10.3. The van der Waals surface area contributed by atoms with Crippen LogP contribution in [-0.4, -0.2) is 17.1 Å². The molecule has 2 rings (SSSR count). The van der Waals surface area contributed by atoms with Gasteiger partial charge in [0.05, 0.1) is 5.92 Å². The van der Waals surface area contributed by atoms with Crippen LogP contribution in [0, 0.1) is 5.92 Å². The van der Waals surface area contributed by atoms with Crippen molar-refractivity contribution in [1.82, 2.24) is 0 Å². The highest BCUT2D eigenvalue weighted by Crippen LogP contribution is 2.33. The lowest BCUT2D eigenvalue weighted by molar-refractivity contribution is -0.138. The third-order valence-corrected chi connectivity index (χ3v) is 2.56. The average Bonchev–Trinajstić information content (AvgIpc) is 2.88. The molecule has 2 unspecified atom stereocenters. The van der Waals surface area contributed by atoms with Crippen molar-refractivity contribution < 1.29 is 9.90 Å². The predicted octanol–water partition coefficient (Wildman–Crippen LogP) is 2.23. The third kappa shape index (κ3) is 1.99. The zero-order chi connectivity index (χ0) is 10.1. The van der Waals surface area contributed by atoms with Crippen LogP contribution in [0.15, 0.2) is 24.3 Å². The highest BCUT2D eigenvalue weighted by molar-refractivity contribution is 6.30. The van der Waals surface area contributed by atoms with E-state index in [9.17, 15) is 4.79 Å². The Balaban J connectivity index is 1.94. The van der Waals surface area contributed by atoms with Gasteiger partial charge in [0, 0.05) is 16.8 Å². The largest absolute Gasteiger partial charge is 0.481 e. The molecule has 0 aromatic heterocycles. The van der Waals surface area contributed by atoms with E-state index in [-0.39, 0.29) is 12.0 Å². The van der Waals surface area contributed by atoms with Gasteiger partial charge in [-0.15, -0.1) is 0 Å². The molecule has 0 heterocycles. The van der Waals surface area contributed by atoms with Crippen LogP contribution in [0.1, 0.15) is 6.42 Å². The molecule has 2 N–H and O–H groups in total. The van der Waals surface area contributed by atoms with Crippen molar-refractivity contribution in [2.24, 2.45) is 5.92 Å². The molecule has 1 aromatic rings. The Morgan fingerprint density at radius 1 is 1.43 bits per heavy atom. The van der Waals surface area contributed by atoms with Crippen LogP contribution in [0.2, 0.25) is 5.02 Å². The van der Waals surface area contributed by atoms with Crippen molar-refractivity contribution in [3.63, 3.8) is 0 Å². The Morgan fingerprint density at radius 3 is 2.57 bits per heavy atom. The Hall–Kier alpha value is -1.22. The molecule has 0 saturated heterocycles. The second-order valence-corrected chi connectivity index (χ2v) is 3.87. The predicted molar refractivity (Wildman–Crippen MR) is 54.6 cm³/mol. The summed E-state index contributed by atoms with van der Waals surface area (Å²) in [5.74, 6) is -0.956. The van der Waals surface area contributed by atoms with Gasteiger partial charge >= 0.3 is 5.97 Å². The van der Waals surface area contributed by atoms with Crippen molar-refractivity contribution in [2.75, 3.05) is 5.32 Å². The lowest BCUT2D eigenvalue weighted by Gasteiger charge is -2.03. The number of carboxylic acid groups (broad SMARTS) is 1. The van der Waals surface area contributed by atoms with E-state index in [1.807, 2.05) is 12.1 Å². The second kappa shape index (κ2) is 3.50. The first-order valence-corrected chi connectivity index (χ1v) is 4.79. The summed E-state index contributed by atoms with van der Waals surface area (Å²) in [5.41, 5.74) is 0.920. The van der Waals surface area contributed by atoms with Gasteiger partial charge in [-0.25, -0.2) is 0 Å². The van der Waals surface area contributed by atoms with E-state index in [2.05, 4.69) is 5.32 Å². The normalized spacial score (nSPS) is 24.4. The number of aliphatic carboxylic acids is 1. The number of rotatable bonds is 3. The molecule has 0 bridgehead atoms. The van der Waals surface area contributed by atoms with Gasteiger partial charge < -0.3 is 10.4 Å². The molecule has 1 aliphatic carbocycles. The minimum Gasteiger partial charge on any atom is -0.481 e. The number of nitrogens with one attached hydrogen (secondary N) is 1. The number of hydrogen-bond donors (Lipinski definition) is 2. The second-order valence-electron chi connectivity index (χ2n) is 3.44.